The van der Waals surface area contributed by atoms with Crippen LogP contribution in [-0.4, -0.2) is 23.5 Å². The van der Waals surface area contributed by atoms with Crippen LogP contribution in [0.1, 0.15) is 6.92 Å². The van der Waals surface area contributed by atoms with E-state index in [1.54, 1.807) is 36.4 Å². The molecule has 0 saturated heterocycles. The van der Waals surface area contributed by atoms with Crippen molar-refractivity contribution in [3.63, 3.8) is 0 Å². The van der Waals surface area contributed by atoms with E-state index >= 15 is 0 Å². The number of ether oxygens (including phenoxy) is 1. The molecule has 0 aromatic heterocycles. The number of phenols is 1. The first-order chi connectivity index (χ1) is 10.6. The van der Waals surface area contributed by atoms with E-state index in [0.29, 0.717) is 23.7 Å². The lowest BCUT2D eigenvalue weighted by atomic mass is 10.3. The Kier molecular flexibility index (Phi) is 4.98. The third-order valence-corrected chi connectivity index (χ3v) is 2.71. The first kappa shape index (κ1) is 15.4. The molecule has 0 bridgehead atoms. The molecule has 0 spiro atoms. The van der Waals surface area contributed by atoms with Crippen LogP contribution in [0.3, 0.4) is 0 Å². The first-order valence-corrected chi connectivity index (χ1v) is 6.72. The Morgan fingerprint density at radius 2 is 1.59 bits per heavy atom. The molecule has 0 heterocycles. The van der Waals surface area contributed by atoms with Crippen molar-refractivity contribution in [2.45, 2.75) is 6.92 Å². The van der Waals surface area contributed by atoms with Crippen LogP contribution in [0.5, 0.6) is 11.5 Å². The third-order valence-electron chi connectivity index (χ3n) is 2.71. The summed E-state index contributed by atoms with van der Waals surface area (Å²) in [6, 6.07) is 12.7. The van der Waals surface area contributed by atoms with Crippen LogP contribution in [0.2, 0.25) is 0 Å². The third kappa shape index (κ3) is 4.24. The van der Waals surface area contributed by atoms with Crippen molar-refractivity contribution in [1.82, 2.24) is 0 Å². The Morgan fingerprint density at radius 3 is 2.18 bits per heavy atom. The minimum absolute atomic E-state index is 0.00243. The van der Waals surface area contributed by atoms with Gasteiger partial charge in [0.1, 0.15) is 11.5 Å². The predicted octanol–water partition coefficient (Wildman–Crippen LogP) is 2.37. The Morgan fingerprint density at radius 1 is 1.00 bits per heavy atom. The molecular weight excluding hydrogens is 284 g/mol. The quantitative estimate of drug-likeness (QED) is 0.756. The van der Waals surface area contributed by atoms with E-state index in [0.717, 1.165) is 0 Å². The maximum absolute atomic E-state index is 11.8. The Labute approximate surface area is 127 Å². The molecule has 3 N–H and O–H groups in total. The fourth-order valence-electron chi connectivity index (χ4n) is 1.79. The van der Waals surface area contributed by atoms with Crippen LogP contribution in [0.25, 0.3) is 0 Å². The molecular formula is C16H16N2O4. The van der Waals surface area contributed by atoms with Gasteiger partial charge in [-0.05, 0) is 31.2 Å². The number of hydrogen-bond donors (Lipinski definition) is 3. The van der Waals surface area contributed by atoms with Crippen molar-refractivity contribution >= 4 is 23.2 Å². The second-order valence-electron chi connectivity index (χ2n) is 4.42. The van der Waals surface area contributed by atoms with E-state index in [4.69, 9.17) is 4.74 Å². The summed E-state index contributed by atoms with van der Waals surface area (Å²) >= 11 is 0. The molecule has 0 aliphatic heterocycles. The lowest BCUT2D eigenvalue weighted by molar-refractivity contribution is -0.133. The van der Waals surface area contributed by atoms with Crippen LogP contribution >= 0.6 is 0 Å². The topological polar surface area (TPSA) is 87.7 Å². The van der Waals surface area contributed by atoms with Gasteiger partial charge in [0.2, 0.25) is 0 Å². The summed E-state index contributed by atoms with van der Waals surface area (Å²) in [7, 11) is 0. The number of phenolic OH excluding ortho intramolecular Hbond substituents is 1. The zero-order valence-electron chi connectivity index (χ0n) is 12.0. The summed E-state index contributed by atoms with van der Waals surface area (Å²) in [5.74, 6) is -1.03. The number of nitrogens with one attached hydrogen (secondary N) is 2. The Bertz CT molecular complexity index is 685. The average molecular weight is 300 g/mol. The van der Waals surface area contributed by atoms with E-state index in [1.807, 2.05) is 6.92 Å². The smallest absolute Gasteiger partial charge is 0.314 e. The fourth-order valence-corrected chi connectivity index (χ4v) is 1.79. The lowest BCUT2D eigenvalue weighted by Crippen LogP contribution is -2.29. The molecule has 0 saturated carbocycles. The van der Waals surface area contributed by atoms with Crippen LogP contribution < -0.4 is 15.4 Å². The van der Waals surface area contributed by atoms with Gasteiger partial charge in [-0.1, -0.05) is 12.1 Å². The summed E-state index contributed by atoms with van der Waals surface area (Å²) in [6.07, 6.45) is 0. The highest BCUT2D eigenvalue weighted by Gasteiger charge is 2.14. The highest BCUT2D eigenvalue weighted by Crippen LogP contribution is 2.18. The lowest BCUT2D eigenvalue weighted by Gasteiger charge is -2.08. The standard InChI is InChI=1S/C16H16N2O4/c1-2-22-14-8-4-6-12(10-14)18-16(21)15(20)17-11-5-3-7-13(19)9-11/h3-10,19H,2H2,1H3,(H,17,20)(H,18,21). The molecule has 6 heteroatoms. The maximum atomic E-state index is 11.8. The van der Waals surface area contributed by atoms with Crippen molar-refractivity contribution in [2.24, 2.45) is 0 Å². The van der Waals surface area contributed by atoms with E-state index < -0.39 is 11.8 Å². The SMILES string of the molecule is CCOc1cccc(NC(=O)C(=O)Nc2cccc(O)c2)c1. The molecule has 0 aliphatic rings. The van der Waals surface area contributed by atoms with E-state index in [-0.39, 0.29) is 5.75 Å². The second-order valence-corrected chi connectivity index (χ2v) is 4.42. The van der Waals surface area contributed by atoms with Crippen molar-refractivity contribution < 1.29 is 19.4 Å². The number of rotatable bonds is 4. The number of carbonyl (C=O) groups is 2. The summed E-state index contributed by atoms with van der Waals surface area (Å²) in [4.78, 5) is 23.6. The molecule has 2 amide bonds. The highest BCUT2D eigenvalue weighted by molar-refractivity contribution is 6.43. The van der Waals surface area contributed by atoms with Crippen molar-refractivity contribution in [3.05, 3.63) is 48.5 Å². The molecule has 2 aromatic carbocycles. The summed E-state index contributed by atoms with van der Waals surface area (Å²) in [5, 5.41) is 14.2. The van der Waals surface area contributed by atoms with Gasteiger partial charge in [0.25, 0.3) is 0 Å². The molecule has 0 fully saturated rings. The van der Waals surface area contributed by atoms with Crippen molar-refractivity contribution in [3.8, 4) is 11.5 Å². The summed E-state index contributed by atoms with van der Waals surface area (Å²) < 4.78 is 5.32. The van der Waals surface area contributed by atoms with Gasteiger partial charge in [0.15, 0.2) is 0 Å². The molecule has 22 heavy (non-hydrogen) atoms. The number of benzene rings is 2. The van der Waals surface area contributed by atoms with Crippen LogP contribution in [0.4, 0.5) is 11.4 Å². The molecule has 2 rings (SSSR count). The summed E-state index contributed by atoms with van der Waals surface area (Å²) in [6.45, 7) is 2.36. The normalized spacial score (nSPS) is 9.86. The Balaban J connectivity index is 1.99. The minimum Gasteiger partial charge on any atom is -0.508 e. The highest BCUT2D eigenvalue weighted by atomic mass is 16.5. The van der Waals surface area contributed by atoms with Crippen molar-refractivity contribution in [2.75, 3.05) is 17.2 Å². The largest absolute Gasteiger partial charge is 0.508 e. The summed E-state index contributed by atoms with van der Waals surface area (Å²) in [5.41, 5.74) is 0.797. The number of amides is 2. The zero-order chi connectivity index (χ0) is 15.9. The predicted molar refractivity (Wildman–Crippen MR) is 83.0 cm³/mol. The molecule has 0 radical (unpaired) electrons. The van der Waals surface area contributed by atoms with Gasteiger partial charge in [-0.15, -0.1) is 0 Å². The number of anilines is 2. The second kappa shape index (κ2) is 7.12. The van der Waals surface area contributed by atoms with Gasteiger partial charge < -0.3 is 20.5 Å². The first-order valence-electron chi connectivity index (χ1n) is 6.72. The monoisotopic (exact) mass is 300 g/mol. The molecule has 114 valence electrons. The zero-order valence-corrected chi connectivity index (χ0v) is 12.0. The van der Waals surface area contributed by atoms with Gasteiger partial charge in [-0.3, -0.25) is 9.59 Å². The Hall–Kier alpha value is -3.02. The van der Waals surface area contributed by atoms with Crippen LogP contribution in [-0.2, 0) is 9.59 Å². The van der Waals surface area contributed by atoms with Gasteiger partial charge in [0.05, 0.1) is 6.61 Å². The number of hydrogen-bond acceptors (Lipinski definition) is 4. The van der Waals surface area contributed by atoms with Gasteiger partial charge >= 0.3 is 11.8 Å². The molecule has 2 aromatic rings. The molecule has 0 atom stereocenters. The molecule has 0 aliphatic carbocycles. The van der Waals surface area contributed by atoms with E-state index in [9.17, 15) is 14.7 Å². The van der Waals surface area contributed by atoms with Gasteiger partial charge in [-0.2, -0.15) is 0 Å². The average Bonchev–Trinajstić information content (AvgIpc) is 2.48. The van der Waals surface area contributed by atoms with E-state index in [2.05, 4.69) is 10.6 Å². The van der Waals surface area contributed by atoms with Gasteiger partial charge in [-0.25, -0.2) is 0 Å². The van der Waals surface area contributed by atoms with Crippen LogP contribution in [0, 0.1) is 0 Å². The van der Waals surface area contributed by atoms with E-state index in [1.165, 1.54) is 12.1 Å². The fraction of sp³-hybridized carbons (Fsp3) is 0.125. The maximum Gasteiger partial charge on any atom is 0.314 e. The molecule has 0 unspecified atom stereocenters. The number of aromatic hydroxyl groups is 1. The van der Waals surface area contributed by atoms with Gasteiger partial charge in [0, 0.05) is 23.5 Å². The molecule has 6 nitrogen and oxygen atoms in total. The van der Waals surface area contributed by atoms with Crippen LogP contribution in [0.15, 0.2) is 48.5 Å². The minimum atomic E-state index is -0.826. The number of carbonyl (C=O) groups excluding carboxylic acids is 2. The van der Waals surface area contributed by atoms with Crippen molar-refractivity contribution in [1.29, 1.82) is 0 Å².